The first kappa shape index (κ1) is 15.1. The van der Waals surface area contributed by atoms with E-state index in [1.165, 1.54) is 6.33 Å². The van der Waals surface area contributed by atoms with E-state index in [9.17, 15) is 5.26 Å². The minimum Gasteiger partial charge on any atom is -0.346 e. The molecule has 0 saturated heterocycles. The fourth-order valence-corrected chi connectivity index (χ4v) is 2.98. The topological polar surface area (TPSA) is 111 Å². The van der Waals surface area contributed by atoms with E-state index in [1.54, 1.807) is 6.20 Å². The average Bonchev–Trinajstić information content (AvgIpc) is 3.28. The van der Waals surface area contributed by atoms with E-state index < -0.39 is 0 Å². The number of rotatable bonds is 4. The van der Waals surface area contributed by atoms with Gasteiger partial charge in [0.05, 0.1) is 30.4 Å². The summed E-state index contributed by atoms with van der Waals surface area (Å²) in [6.45, 7) is 0. The zero-order valence-electron chi connectivity index (χ0n) is 13.4. The van der Waals surface area contributed by atoms with Gasteiger partial charge in [-0.05, 0) is 17.7 Å². The van der Waals surface area contributed by atoms with Crippen molar-refractivity contribution in [2.24, 2.45) is 0 Å². The summed E-state index contributed by atoms with van der Waals surface area (Å²) in [6, 6.07) is 11.9. The van der Waals surface area contributed by atoms with Gasteiger partial charge in [0, 0.05) is 29.4 Å². The van der Waals surface area contributed by atoms with Crippen LogP contribution in [-0.4, -0.2) is 24.7 Å². The number of H-pyrrole nitrogens is 1. The van der Waals surface area contributed by atoms with Gasteiger partial charge in [-0.2, -0.15) is 10.4 Å². The Labute approximate surface area is 143 Å². The molecule has 1 unspecified atom stereocenters. The summed E-state index contributed by atoms with van der Waals surface area (Å²) < 4.78 is 1.81. The molecule has 0 saturated carbocycles. The minimum atomic E-state index is -0.163. The molecule has 3 aromatic heterocycles. The molecule has 7 nitrogen and oxygen atoms in total. The van der Waals surface area contributed by atoms with Crippen molar-refractivity contribution in [3.8, 4) is 17.3 Å². The first-order valence-electron chi connectivity index (χ1n) is 7.88. The van der Waals surface area contributed by atoms with Gasteiger partial charge >= 0.3 is 0 Å². The fraction of sp³-hybridized carbons (Fsp3) is 0.111. The van der Waals surface area contributed by atoms with Crippen LogP contribution in [0, 0.1) is 11.3 Å². The number of quaternary nitrogens is 1. The lowest BCUT2D eigenvalue weighted by Gasteiger charge is -2.14. The van der Waals surface area contributed by atoms with E-state index in [-0.39, 0.29) is 6.04 Å². The van der Waals surface area contributed by atoms with Crippen LogP contribution in [0.2, 0.25) is 0 Å². The third-order valence-corrected chi connectivity index (χ3v) is 4.17. The first-order chi connectivity index (χ1) is 12.3. The molecule has 0 aliphatic carbocycles. The van der Waals surface area contributed by atoms with Crippen molar-refractivity contribution in [1.82, 2.24) is 24.7 Å². The van der Waals surface area contributed by atoms with Gasteiger partial charge in [0.25, 0.3) is 0 Å². The van der Waals surface area contributed by atoms with E-state index in [4.69, 9.17) is 0 Å². The molecule has 0 fully saturated rings. The van der Waals surface area contributed by atoms with E-state index in [2.05, 4.69) is 31.9 Å². The van der Waals surface area contributed by atoms with Crippen LogP contribution < -0.4 is 5.73 Å². The van der Waals surface area contributed by atoms with Crippen molar-refractivity contribution >= 4 is 16.7 Å². The molecule has 0 aliphatic heterocycles. The highest BCUT2D eigenvalue weighted by atomic mass is 15.3. The highest BCUT2D eigenvalue weighted by Gasteiger charge is 2.17. The lowest BCUT2D eigenvalue weighted by molar-refractivity contribution is -0.254. The Balaban J connectivity index is 1.76. The summed E-state index contributed by atoms with van der Waals surface area (Å²) in [5.41, 5.74) is 8.39. The zero-order chi connectivity index (χ0) is 17.2. The first-order valence-corrected chi connectivity index (χ1v) is 7.88. The zero-order valence-corrected chi connectivity index (χ0v) is 13.4. The van der Waals surface area contributed by atoms with Crippen LogP contribution in [0.4, 0.5) is 5.69 Å². The average molecular weight is 330 g/mol. The van der Waals surface area contributed by atoms with Gasteiger partial charge < -0.3 is 10.7 Å². The second-order valence-electron chi connectivity index (χ2n) is 5.79. The SMILES string of the molecule is N#CCC(c1cccc([NH3+])c1)n1cc(-c2ncnc3[nH]ccc23)cn1. The van der Waals surface area contributed by atoms with Crippen LogP contribution >= 0.6 is 0 Å². The van der Waals surface area contributed by atoms with Crippen molar-refractivity contribution in [1.29, 1.82) is 5.26 Å². The number of nitriles is 1. The minimum absolute atomic E-state index is 0.163. The van der Waals surface area contributed by atoms with Gasteiger partial charge in [-0.1, -0.05) is 12.1 Å². The number of nitrogens with zero attached hydrogens (tertiary/aromatic N) is 5. The molecule has 3 heterocycles. The van der Waals surface area contributed by atoms with Crippen molar-refractivity contribution < 1.29 is 5.73 Å². The highest BCUT2D eigenvalue weighted by Crippen LogP contribution is 2.28. The molecule has 25 heavy (non-hydrogen) atoms. The fourth-order valence-electron chi connectivity index (χ4n) is 2.98. The Morgan fingerprint density at radius 2 is 2.20 bits per heavy atom. The number of hydrogen-bond acceptors (Lipinski definition) is 4. The molecule has 0 radical (unpaired) electrons. The second-order valence-corrected chi connectivity index (χ2v) is 5.79. The highest BCUT2D eigenvalue weighted by molar-refractivity contribution is 5.89. The molecule has 1 aromatic carbocycles. The molecule has 1 atom stereocenters. The number of nitrogens with one attached hydrogen (secondary N) is 1. The molecule has 4 N–H and O–H groups in total. The normalized spacial score (nSPS) is 12.2. The monoisotopic (exact) mass is 330 g/mol. The van der Waals surface area contributed by atoms with Crippen molar-refractivity contribution in [2.75, 3.05) is 0 Å². The number of benzene rings is 1. The standard InChI is InChI=1S/C18H15N7/c19-6-4-16(12-2-1-3-14(20)8-12)25-10-13(9-24-25)17-15-5-7-21-18(15)23-11-22-17/h1-3,5,7-11,16H,4,20H2,(H,21,22,23)/p+1. The maximum absolute atomic E-state index is 9.23. The summed E-state index contributed by atoms with van der Waals surface area (Å²) in [5, 5.41) is 14.7. The van der Waals surface area contributed by atoms with Gasteiger partial charge in [0.1, 0.15) is 17.7 Å². The predicted molar refractivity (Wildman–Crippen MR) is 92.5 cm³/mol. The lowest BCUT2D eigenvalue weighted by Crippen LogP contribution is -2.40. The maximum Gasteiger partial charge on any atom is 0.141 e. The third kappa shape index (κ3) is 2.75. The molecule has 0 bridgehead atoms. The number of aromatic nitrogens is 5. The number of aromatic amines is 1. The van der Waals surface area contributed by atoms with Gasteiger partial charge in [-0.25, -0.2) is 9.97 Å². The van der Waals surface area contributed by atoms with Crippen molar-refractivity contribution in [3.05, 3.63) is 60.8 Å². The van der Waals surface area contributed by atoms with Gasteiger partial charge in [0.2, 0.25) is 0 Å². The van der Waals surface area contributed by atoms with Crippen LogP contribution in [0.3, 0.4) is 0 Å². The predicted octanol–water partition coefficient (Wildman–Crippen LogP) is 2.20. The van der Waals surface area contributed by atoms with Crippen LogP contribution in [0.5, 0.6) is 0 Å². The largest absolute Gasteiger partial charge is 0.346 e. The van der Waals surface area contributed by atoms with Crippen LogP contribution in [0.25, 0.3) is 22.3 Å². The Morgan fingerprint density at radius 3 is 3.04 bits per heavy atom. The molecule has 4 rings (SSSR count). The molecule has 122 valence electrons. The van der Waals surface area contributed by atoms with Crippen molar-refractivity contribution in [2.45, 2.75) is 12.5 Å². The van der Waals surface area contributed by atoms with E-state index >= 15 is 0 Å². The van der Waals surface area contributed by atoms with Crippen LogP contribution in [0.15, 0.2) is 55.2 Å². The van der Waals surface area contributed by atoms with E-state index in [0.717, 1.165) is 33.5 Å². The molecule has 4 aromatic rings. The molecular formula is C18H16N7+. The quantitative estimate of drug-likeness (QED) is 0.597. The summed E-state index contributed by atoms with van der Waals surface area (Å²) in [6.07, 6.45) is 7.39. The van der Waals surface area contributed by atoms with Gasteiger partial charge in [0.15, 0.2) is 0 Å². The Morgan fingerprint density at radius 1 is 1.28 bits per heavy atom. The summed E-state index contributed by atoms with van der Waals surface area (Å²) in [7, 11) is 0. The third-order valence-electron chi connectivity index (χ3n) is 4.17. The molecule has 0 spiro atoms. The van der Waals surface area contributed by atoms with Crippen molar-refractivity contribution in [3.63, 3.8) is 0 Å². The van der Waals surface area contributed by atoms with Crippen LogP contribution in [0.1, 0.15) is 18.0 Å². The van der Waals surface area contributed by atoms with Gasteiger partial charge in [-0.15, -0.1) is 0 Å². The summed E-state index contributed by atoms with van der Waals surface area (Å²) in [5.74, 6) is 0. The second kappa shape index (κ2) is 6.19. The number of hydrogen-bond donors (Lipinski definition) is 2. The molecule has 0 aliphatic rings. The maximum atomic E-state index is 9.23. The number of fused-ring (bicyclic) bond motifs is 1. The Kier molecular flexibility index (Phi) is 3.72. The Bertz CT molecular complexity index is 1070. The molecule has 0 amide bonds. The van der Waals surface area contributed by atoms with Crippen LogP contribution in [-0.2, 0) is 0 Å². The van der Waals surface area contributed by atoms with E-state index in [0.29, 0.717) is 6.42 Å². The lowest BCUT2D eigenvalue weighted by atomic mass is 10.0. The summed E-state index contributed by atoms with van der Waals surface area (Å²) >= 11 is 0. The summed E-state index contributed by atoms with van der Waals surface area (Å²) in [4.78, 5) is 11.7. The van der Waals surface area contributed by atoms with E-state index in [1.807, 2.05) is 47.4 Å². The molecular weight excluding hydrogens is 314 g/mol. The smallest absolute Gasteiger partial charge is 0.141 e. The van der Waals surface area contributed by atoms with Gasteiger partial charge in [-0.3, -0.25) is 4.68 Å². The molecule has 7 heteroatoms. The Hall–Kier alpha value is -3.50.